The fraction of sp³-hybridized carbons (Fsp3) is 0.545. The van der Waals surface area contributed by atoms with Crippen molar-refractivity contribution < 1.29 is 0 Å². The number of anilines is 1. The molecule has 1 aliphatic heterocycles. The lowest BCUT2D eigenvalue weighted by atomic mass is 10.4. The van der Waals surface area contributed by atoms with Gasteiger partial charge in [0.05, 0.1) is 6.20 Å². The van der Waals surface area contributed by atoms with E-state index in [-0.39, 0.29) is 0 Å². The predicted molar refractivity (Wildman–Crippen MR) is 58.6 cm³/mol. The Labute approximate surface area is 85.1 Å². The summed E-state index contributed by atoms with van der Waals surface area (Å²) in [4.78, 5) is 6.82. The second kappa shape index (κ2) is 3.86. The zero-order valence-corrected chi connectivity index (χ0v) is 8.74. The first-order chi connectivity index (χ1) is 6.83. The summed E-state index contributed by atoms with van der Waals surface area (Å²) >= 11 is 0. The Morgan fingerprint density at radius 2 is 2.21 bits per heavy atom. The van der Waals surface area contributed by atoms with Crippen LogP contribution in [0.5, 0.6) is 0 Å². The number of rotatable bonds is 3. The van der Waals surface area contributed by atoms with Crippen molar-refractivity contribution in [1.29, 1.82) is 0 Å². The van der Waals surface area contributed by atoms with Crippen LogP contribution < -0.4 is 4.90 Å². The van der Waals surface area contributed by atoms with Crippen molar-refractivity contribution in [3.63, 3.8) is 0 Å². The molecule has 0 bridgehead atoms. The maximum Gasteiger partial charge on any atom is 0.205 e. The smallest absolute Gasteiger partial charge is 0.205 e. The van der Waals surface area contributed by atoms with Gasteiger partial charge in [-0.25, -0.2) is 4.98 Å². The van der Waals surface area contributed by atoms with Gasteiger partial charge in [-0.15, -0.1) is 6.58 Å². The second-order valence-electron chi connectivity index (χ2n) is 3.79. The minimum atomic E-state index is 0.859. The monoisotopic (exact) mass is 191 g/mol. The number of aryl methyl sites for hydroxylation is 1. The van der Waals surface area contributed by atoms with Crippen LogP contribution in [0.2, 0.25) is 0 Å². The summed E-state index contributed by atoms with van der Waals surface area (Å²) in [6, 6.07) is 0. The predicted octanol–water partition coefficient (Wildman–Crippen LogP) is 1.98. The van der Waals surface area contributed by atoms with Gasteiger partial charge in [-0.05, 0) is 19.8 Å². The van der Waals surface area contributed by atoms with Gasteiger partial charge >= 0.3 is 0 Å². The van der Waals surface area contributed by atoms with Crippen LogP contribution in [0.1, 0.15) is 18.5 Å². The van der Waals surface area contributed by atoms with E-state index in [9.17, 15) is 0 Å². The standard InChI is InChI=1S/C11H17N3/c1-3-6-14-10(2)9-12-11(14)13-7-4-5-8-13/h3,9H,1,4-8H2,2H3. The maximum absolute atomic E-state index is 4.46. The van der Waals surface area contributed by atoms with Gasteiger partial charge in [0, 0.05) is 25.3 Å². The average Bonchev–Trinajstić information content (AvgIpc) is 2.77. The first-order valence-electron chi connectivity index (χ1n) is 5.21. The van der Waals surface area contributed by atoms with Gasteiger partial charge < -0.3 is 9.47 Å². The molecule has 0 radical (unpaired) electrons. The van der Waals surface area contributed by atoms with E-state index < -0.39 is 0 Å². The molecule has 1 aromatic heterocycles. The molecule has 14 heavy (non-hydrogen) atoms. The van der Waals surface area contributed by atoms with Gasteiger partial charge in [0.15, 0.2) is 0 Å². The largest absolute Gasteiger partial charge is 0.342 e. The molecular formula is C11H17N3. The number of nitrogens with zero attached hydrogens (tertiary/aromatic N) is 3. The topological polar surface area (TPSA) is 21.1 Å². The van der Waals surface area contributed by atoms with Crippen molar-refractivity contribution in [3.8, 4) is 0 Å². The average molecular weight is 191 g/mol. The van der Waals surface area contributed by atoms with Gasteiger partial charge in [-0.3, -0.25) is 0 Å². The van der Waals surface area contributed by atoms with Gasteiger partial charge in [0.25, 0.3) is 0 Å². The van der Waals surface area contributed by atoms with Crippen molar-refractivity contribution in [1.82, 2.24) is 9.55 Å². The van der Waals surface area contributed by atoms with E-state index in [1.54, 1.807) is 0 Å². The molecule has 2 rings (SSSR count). The highest BCUT2D eigenvalue weighted by atomic mass is 15.3. The summed E-state index contributed by atoms with van der Waals surface area (Å²) in [5, 5.41) is 0. The number of hydrogen-bond acceptors (Lipinski definition) is 2. The van der Waals surface area contributed by atoms with E-state index in [1.165, 1.54) is 18.5 Å². The van der Waals surface area contributed by atoms with Crippen LogP contribution in [-0.4, -0.2) is 22.6 Å². The molecular weight excluding hydrogens is 174 g/mol. The van der Waals surface area contributed by atoms with Crippen LogP contribution in [0.15, 0.2) is 18.9 Å². The molecule has 0 aromatic carbocycles. The minimum Gasteiger partial charge on any atom is -0.342 e. The molecule has 0 saturated carbocycles. The summed E-state index contributed by atoms with van der Waals surface area (Å²) in [7, 11) is 0. The fourth-order valence-corrected chi connectivity index (χ4v) is 1.97. The summed E-state index contributed by atoms with van der Waals surface area (Å²) < 4.78 is 2.22. The molecule has 1 aromatic rings. The van der Waals surface area contributed by atoms with E-state index in [0.717, 1.165) is 25.6 Å². The summed E-state index contributed by atoms with van der Waals surface area (Å²) in [6.07, 6.45) is 6.45. The van der Waals surface area contributed by atoms with Crippen molar-refractivity contribution in [3.05, 3.63) is 24.5 Å². The van der Waals surface area contributed by atoms with Gasteiger partial charge in [0.1, 0.15) is 0 Å². The molecule has 3 nitrogen and oxygen atoms in total. The first-order valence-corrected chi connectivity index (χ1v) is 5.21. The Bertz CT molecular complexity index is 321. The first kappa shape index (κ1) is 9.31. The van der Waals surface area contributed by atoms with Gasteiger partial charge in [-0.1, -0.05) is 6.08 Å². The molecule has 2 heterocycles. The Hall–Kier alpha value is -1.25. The zero-order chi connectivity index (χ0) is 9.97. The maximum atomic E-state index is 4.46. The Kier molecular flexibility index (Phi) is 2.57. The summed E-state index contributed by atoms with van der Waals surface area (Å²) in [5.41, 5.74) is 1.21. The van der Waals surface area contributed by atoms with Crippen molar-refractivity contribution in [2.75, 3.05) is 18.0 Å². The Morgan fingerprint density at radius 1 is 1.50 bits per heavy atom. The molecule has 1 fully saturated rings. The van der Waals surface area contributed by atoms with Crippen molar-refractivity contribution >= 4 is 5.95 Å². The molecule has 0 spiro atoms. The number of hydrogen-bond donors (Lipinski definition) is 0. The van der Waals surface area contributed by atoms with Crippen molar-refractivity contribution in [2.24, 2.45) is 0 Å². The van der Waals surface area contributed by atoms with E-state index in [1.807, 2.05) is 12.3 Å². The van der Waals surface area contributed by atoms with Gasteiger partial charge in [0.2, 0.25) is 5.95 Å². The van der Waals surface area contributed by atoms with Gasteiger partial charge in [-0.2, -0.15) is 0 Å². The summed E-state index contributed by atoms with van der Waals surface area (Å²) in [6.45, 7) is 9.02. The molecule has 0 atom stereocenters. The van der Waals surface area contributed by atoms with Crippen LogP contribution in [0.25, 0.3) is 0 Å². The SMILES string of the molecule is C=CCn1c(C)cnc1N1CCCC1. The normalized spacial score (nSPS) is 16.2. The lowest BCUT2D eigenvalue weighted by Crippen LogP contribution is -2.22. The quantitative estimate of drug-likeness (QED) is 0.681. The van der Waals surface area contributed by atoms with E-state index in [2.05, 4.69) is 28.0 Å². The van der Waals surface area contributed by atoms with E-state index >= 15 is 0 Å². The van der Waals surface area contributed by atoms with Crippen LogP contribution >= 0.6 is 0 Å². The fourth-order valence-electron chi connectivity index (χ4n) is 1.97. The molecule has 0 unspecified atom stereocenters. The molecule has 0 aliphatic carbocycles. The molecule has 0 amide bonds. The highest BCUT2D eigenvalue weighted by molar-refractivity contribution is 5.35. The molecule has 1 saturated heterocycles. The third kappa shape index (κ3) is 1.54. The lowest BCUT2D eigenvalue weighted by Gasteiger charge is -2.18. The van der Waals surface area contributed by atoms with Crippen LogP contribution in [0, 0.1) is 6.92 Å². The van der Waals surface area contributed by atoms with Crippen LogP contribution in [0.4, 0.5) is 5.95 Å². The zero-order valence-electron chi connectivity index (χ0n) is 8.74. The molecule has 0 N–H and O–H groups in total. The number of aromatic nitrogens is 2. The molecule has 76 valence electrons. The molecule has 3 heteroatoms. The lowest BCUT2D eigenvalue weighted by molar-refractivity contribution is 0.753. The Morgan fingerprint density at radius 3 is 2.86 bits per heavy atom. The van der Waals surface area contributed by atoms with Crippen LogP contribution in [-0.2, 0) is 6.54 Å². The number of allylic oxidation sites excluding steroid dienone is 1. The van der Waals surface area contributed by atoms with E-state index in [0.29, 0.717) is 0 Å². The number of imidazole rings is 1. The third-order valence-electron chi connectivity index (χ3n) is 2.73. The Balaban J connectivity index is 2.26. The summed E-state index contributed by atoms with van der Waals surface area (Å²) in [5.74, 6) is 1.11. The minimum absolute atomic E-state index is 0.859. The third-order valence-corrected chi connectivity index (χ3v) is 2.73. The van der Waals surface area contributed by atoms with E-state index in [4.69, 9.17) is 0 Å². The molecule has 1 aliphatic rings. The highest BCUT2D eigenvalue weighted by Gasteiger charge is 2.17. The van der Waals surface area contributed by atoms with Crippen molar-refractivity contribution in [2.45, 2.75) is 26.3 Å². The highest BCUT2D eigenvalue weighted by Crippen LogP contribution is 2.20. The second-order valence-corrected chi connectivity index (χ2v) is 3.79. The van der Waals surface area contributed by atoms with Crippen LogP contribution in [0.3, 0.4) is 0 Å².